The van der Waals surface area contributed by atoms with Crippen LogP contribution in [0.25, 0.3) is 10.9 Å². The zero-order chi connectivity index (χ0) is 17.1. The Morgan fingerprint density at radius 2 is 1.79 bits per heavy atom. The number of para-hydroxylation sites is 2. The number of carbonyl (C=O) groups is 2. The third kappa shape index (κ3) is 3.00. The summed E-state index contributed by atoms with van der Waals surface area (Å²) in [5, 5.41) is 7.12. The van der Waals surface area contributed by atoms with Gasteiger partial charge in [0.25, 0.3) is 5.91 Å². The van der Waals surface area contributed by atoms with Crippen molar-refractivity contribution in [2.45, 2.75) is 6.54 Å². The highest BCUT2D eigenvalue weighted by atomic mass is 16.2. The number of carbonyl (C=O) groups excluding carboxylic acids is 2. The third-order valence-corrected chi connectivity index (χ3v) is 3.52. The molecule has 0 saturated carbocycles. The Balaban J connectivity index is 1.88. The number of anilines is 1. The summed E-state index contributed by atoms with van der Waals surface area (Å²) < 4.78 is 1.43. The number of fused-ring (bicyclic) bond motifs is 1. The molecule has 3 N–H and O–H groups in total. The lowest BCUT2D eigenvalue weighted by atomic mass is 10.1. The number of primary amides is 1. The number of nitrogens with two attached hydrogens (primary N) is 1. The second-order valence-corrected chi connectivity index (χ2v) is 5.14. The molecule has 0 unspecified atom stereocenters. The summed E-state index contributed by atoms with van der Waals surface area (Å²) >= 11 is 0. The Bertz CT molecular complexity index is 994. The van der Waals surface area contributed by atoms with Crippen molar-refractivity contribution in [3.63, 3.8) is 0 Å². The van der Waals surface area contributed by atoms with Gasteiger partial charge in [-0.2, -0.15) is 5.10 Å². The van der Waals surface area contributed by atoms with Gasteiger partial charge < -0.3 is 11.1 Å². The first-order chi connectivity index (χ1) is 11.6. The molecule has 2 amide bonds. The highest BCUT2D eigenvalue weighted by Crippen LogP contribution is 2.14. The normalized spacial score (nSPS) is 10.5. The van der Waals surface area contributed by atoms with Gasteiger partial charge in [0.1, 0.15) is 6.54 Å². The van der Waals surface area contributed by atoms with E-state index in [0.717, 1.165) is 0 Å². The summed E-state index contributed by atoms with van der Waals surface area (Å²) in [4.78, 5) is 35.5. The quantitative estimate of drug-likeness (QED) is 0.751. The van der Waals surface area contributed by atoms with Crippen LogP contribution in [-0.4, -0.2) is 21.6 Å². The van der Waals surface area contributed by atoms with E-state index >= 15 is 0 Å². The molecule has 120 valence electrons. The molecule has 0 spiro atoms. The van der Waals surface area contributed by atoms with Crippen molar-refractivity contribution < 1.29 is 9.59 Å². The van der Waals surface area contributed by atoms with Gasteiger partial charge in [0, 0.05) is 5.39 Å². The Morgan fingerprint density at radius 3 is 2.58 bits per heavy atom. The van der Waals surface area contributed by atoms with Gasteiger partial charge in [-0.3, -0.25) is 19.1 Å². The van der Waals surface area contributed by atoms with Crippen molar-refractivity contribution in [1.29, 1.82) is 0 Å². The van der Waals surface area contributed by atoms with Crippen molar-refractivity contribution in [2.24, 2.45) is 5.73 Å². The molecule has 0 radical (unpaired) electrons. The minimum atomic E-state index is -0.627. The molecular formula is C17H14N4O3. The summed E-state index contributed by atoms with van der Waals surface area (Å²) in [5.74, 6) is -1.01. The van der Waals surface area contributed by atoms with Gasteiger partial charge >= 0.3 is 0 Å². The lowest BCUT2D eigenvalue weighted by Crippen LogP contribution is -2.24. The van der Waals surface area contributed by atoms with Gasteiger partial charge in [-0.05, 0) is 24.3 Å². The van der Waals surface area contributed by atoms with Crippen LogP contribution in [0.2, 0.25) is 0 Å². The van der Waals surface area contributed by atoms with Gasteiger partial charge in [0.2, 0.25) is 11.3 Å². The summed E-state index contributed by atoms with van der Waals surface area (Å²) in [6, 6.07) is 13.4. The maximum Gasteiger partial charge on any atom is 0.250 e. The Hall–Kier alpha value is -3.48. The number of rotatable bonds is 4. The Kier molecular flexibility index (Phi) is 4.07. The van der Waals surface area contributed by atoms with E-state index < -0.39 is 5.91 Å². The average molecular weight is 322 g/mol. The number of amides is 2. The van der Waals surface area contributed by atoms with E-state index in [1.165, 1.54) is 16.9 Å². The van der Waals surface area contributed by atoms with E-state index in [2.05, 4.69) is 10.4 Å². The van der Waals surface area contributed by atoms with Crippen LogP contribution in [0.15, 0.2) is 59.5 Å². The van der Waals surface area contributed by atoms with Crippen molar-refractivity contribution >= 4 is 28.4 Å². The van der Waals surface area contributed by atoms with Crippen molar-refractivity contribution in [3.05, 3.63) is 70.5 Å². The first-order valence-electron chi connectivity index (χ1n) is 7.20. The second kappa shape index (κ2) is 6.33. The predicted octanol–water partition coefficient (Wildman–Crippen LogP) is 1.13. The first kappa shape index (κ1) is 15.4. The maximum atomic E-state index is 12.3. The molecule has 0 bridgehead atoms. The molecule has 2 aromatic carbocycles. The van der Waals surface area contributed by atoms with Crippen LogP contribution in [0.1, 0.15) is 10.4 Å². The molecule has 0 atom stereocenters. The molecule has 1 heterocycles. The number of hydrogen-bond acceptors (Lipinski definition) is 4. The summed E-state index contributed by atoms with van der Waals surface area (Å²) in [7, 11) is 0. The van der Waals surface area contributed by atoms with Crippen LogP contribution in [-0.2, 0) is 11.3 Å². The number of aromatic nitrogens is 2. The van der Waals surface area contributed by atoms with Gasteiger partial charge in [-0.25, -0.2) is 0 Å². The van der Waals surface area contributed by atoms with E-state index in [4.69, 9.17) is 5.73 Å². The topological polar surface area (TPSA) is 107 Å². The SMILES string of the molecule is NC(=O)c1ccccc1NC(=O)Cn1ncc(=O)c2ccccc21. The van der Waals surface area contributed by atoms with Gasteiger partial charge in [-0.15, -0.1) is 0 Å². The number of nitrogens with one attached hydrogen (secondary N) is 1. The summed E-state index contributed by atoms with van der Waals surface area (Å²) in [6.45, 7) is -0.103. The van der Waals surface area contributed by atoms with Crippen molar-refractivity contribution in [3.8, 4) is 0 Å². The zero-order valence-electron chi connectivity index (χ0n) is 12.6. The molecule has 7 nitrogen and oxygen atoms in total. The number of benzene rings is 2. The smallest absolute Gasteiger partial charge is 0.250 e. The van der Waals surface area contributed by atoms with E-state index in [0.29, 0.717) is 16.6 Å². The highest BCUT2D eigenvalue weighted by Gasteiger charge is 2.12. The Morgan fingerprint density at radius 1 is 1.08 bits per heavy atom. The number of nitrogens with zero attached hydrogens (tertiary/aromatic N) is 2. The minimum absolute atomic E-state index is 0.103. The monoisotopic (exact) mass is 322 g/mol. The fraction of sp³-hybridized carbons (Fsp3) is 0.0588. The molecule has 0 aliphatic rings. The van der Waals surface area contributed by atoms with Crippen LogP contribution >= 0.6 is 0 Å². The standard InChI is InChI=1S/C17H14N4O3/c18-17(24)11-5-1-3-7-13(11)20-16(23)10-21-14-8-4-2-6-12(14)15(22)9-19-21/h1-9H,10H2,(H2,18,24)(H,20,23). The number of hydrogen-bond donors (Lipinski definition) is 2. The van der Waals surface area contributed by atoms with Crippen LogP contribution in [0, 0.1) is 0 Å². The molecule has 0 aliphatic heterocycles. The highest BCUT2D eigenvalue weighted by molar-refractivity contribution is 6.03. The molecule has 0 fully saturated rings. The van der Waals surface area contributed by atoms with Crippen molar-refractivity contribution in [1.82, 2.24) is 9.78 Å². The van der Waals surface area contributed by atoms with E-state index in [1.54, 1.807) is 42.5 Å². The minimum Gasteiger partial charge on any atom is -0.366 e. The predicted molar refractivity (Wildman–Crippen MR) is 89.6 cm³/mol. The average Bonchev–Trinajstić information content (AvgIpc) is 2.58. The molecule has 7 heteroatoms. The van der Waals surface area contributed by atoms with Crippen LogP contribution in [0.5, 0.6) is 0 Å². The van der Waals surface area contributed by atoms with E-state index in [-0.39, 0.29) is 23.4 Å². The fourth-order valence-corrected chi connectivity index (χ4v) is 2.42. The molecule has 0 aliphatic carbocycles. The van der Waals surface area contributed by atoms with Gasteiger partial charge in [0.15, 0.2) is 0 Å². The van der Waals surface area contributed by atoms with Crippen LogP contribution in [0.3, 0.4) is 0 Å². The molecular weight excluding hydrogens is 308 g/mol. The molecule has 1 aromatic heterocycles. The van der Waals surface area contributed by atoms with E-state index in [9.17, 15) is 14.4 Å². The van der Waals surface area contributed by atoms with Crippen LogP contribution in [0.4, 0.5) is 5.69 Å². The molecule has 3 aromatic rings. The molecule has 0 saturated heterocycles. The van der Waals surface area contributed by atoms with E-state index in [1.807, 2.05) is 0 Å². The maximum absolute atomic E-state index is 12.3. The van der Waals surface area contributed by atoms with Crippen LogP contribution < -0.4 is 16.5 Å². The van der Waals surface area contributed by atoms with Gasteiger partial charge in [-0.1, -0.05) is 24.3 Å². The molecule has 24 heavy (non-hydrogen) atoms. The second-order valence-electron chi connectivity index (χ2n) is 5.14. The van der Waals surface area contributed by atoms with Crippen molar-refractivity contribution in [2.75, 3.05) is 5.32 Å². The lowest BCUT2D eigenvalue weighted by molar-refractivity contribution is -0.116. The molecule has 3 rings (SSSR count). The summed E-state index contributed by atoms with van der Waals surface area (Å²) in [5.41, 5.74) is 6.20. The first-order valence-corrected chi connectivity index (χ1v) is 7.20. The Labute approximate surface area is 136 Å². The fourth-order valence-electron chi connectivity index (χ4n) is 2.42. The third-order valence-electron chi connectivity index (χ3n) is 3.52. The summed E-state index contributed by atoms with van der Waals surface area (Å²) in [6.07, 6.45) is 1.17. The lowest BCUT2D eigenvalue weighted by Gasteiger charge is -2.11. The largest absolute Gasteiger partial charge is 0.366 e. The van der Waals surface area contributed by atoms with Gasteiger partial charge in [0.05, 0.1) is 23.0 Å². The zero-order valence-corrected chi connectivity index (χ0v) is 12.6.